The van der Waals surface area contributed by atoms with E-state index in [1.807, 2.05) is 23.1 Å². The first-order valence-electron chi connectivity index (χ1n) is 11.8. The first-order chi connectivity index (χ1) is 15.7. The molecule has 2 aromatic carbocycles. The molecule has 0 spiro atoms. The van der Waals surface area contributed by atoms with Gasteiger partial charge in [-0.15, -0.1) is 10.2 Å². The lowest BCUT2D eigenvalue weighted by molar-refractivity contribution is -0.132. The number of hydrogen-bond donors (Lipinski definition) is 0. The van der Waals surface area contributed by atoms with Gasteiger partial charge in [0.05, 0.1) is 5.75 Å². The van der Waals surface area contributed by atoms with Gasteiger partial charge in [-0.3, -0.25) is 9.36 Å². The maximum atomic E-state index is 13.0. The highest BCUT2D eigenvalue weighted by molar-refractivity contribution is 7.99. The number of para-hydroxylation sites is 1. The summed E-state index contributed by atoms with van der Waals surface area (Å²) in [6.45, 7) is 11.9. The molecule has 33 heavy (non-hydrogen) atoms. The SMILES string of the molecule is C[C@@H]1CCN(C(=O)CSc2nnc(-c3ccc(C(C)(C)C)cc3)n2-c2ccccc2)[C@@H](C)C1. The molecule has 1 aliphatic rings. The first kappa shape index (κ1) is 23.6. The number of piperidine rings is 1. The van der Waals surface area contributed by atoms with Gasteiger partial charge >= 0.3 is 0 Å². The zero-order chi connectivity index (χ0) is 23.6. The molecule has 6 heteroatoms. The number of carbonyl (C=O) groups excluding carboxylic acids is 1. The molecule has 0 aliphatic carbocycles. The number of rotatable bonds is 5. The van der Waals surface area contributed by atoms with Crippen molar-refractivity contribution in [2.24, 2.45) is 5.92 Å². The van der Waals surface area contributed by atoms with E-state index in [1.165, 1.54) is 17.3 Å². The summed E-state index contributed by atoms with van der Waals surface area (Å²) in [5.74, 6) is 2.02. The topological polar surface area (TPSA) is 51.0 Å². The summed E-state index contributed by atoms with van der Waals surface area (Å²) in [6, 6.07) is 19.0. The minimum Gasteiger partial charge on any atom is -0.339 e. The normalized spacial score (nSPS) is 19.0. The monoisotopic (exact) mass is 462 g/mol. The summed E-state index contributed by atoms with van der Waals surface area (Å²) < 4.78 is 2.06. The summed E-state index contributed by atoms with van der Waals surface area (Å²) in [4.78, 5) is 15.0. The van der Waals surface area contributed by atoms with Crippen LogP contribution in [0, 0.1) is 5.92 Å². The fourth-order valence-electron chi connectivity index (χ4n) is 4.47. The standard InChI is InChI=1S/C27H34N4OS/c1-19-15-16-30(20(2)17-19)24(32)18-33-26-29-28-25(31(26)23-9-7-6-8-10-23)21-11-13-22(14-12-21)27(3,4)5/h6-14,19-20H,15-18H2,1-5H3/t19-,20+/m1/s1. The second-order valence-electron chi connectivity index (χ2n) is 10.2. The maximum Gasteiger partial charge on any atom is 0.233 e. The molecule has 0 bridgehead atoms. The molecular formula is C27H34N4OS. The molecule has 2 atom stereocenters. The molecule has 3 aromatic rings. The van der Waals surface area contributed by atoms with Crippen molar-refractivity contribution in [2.75, 3.05) is 12.3 Å². The van der Waals surface area contributed by atoms with Gasteiger partial charge in [0, 0.05) is 23.8 Å². The van der Waals surface area contributed by atoms with E-state index >= 15 is 0 Å². The molecule has 1 aliphatic heterocycles. The van der Waals surface area contributed by atoms with Crippen molar-refractivity contribution in [2.45, 2.75) is 64.1 Å². The van der Waals surface area contributed by atoms with Crippen LogP contribution in [0.2, 0.25) is 0 Å². The molecule has 0 N–H and O–H groups in total. The van der Waals surface area contributed by atoms with Crippen molar-refractivity contribution in [1.29, 1.82) is 0 Å². The molecule has 0 unspecified atom stereocenters. The smallest absolute Gasteiger partial charge is 0.233 e. The van der Waals surface area contributed by atoms with Crippen molar-refractivity contribution in [3.05, 3.63) is 60.2 Å². The maximum absolute atomic E-state index is 13.0. The summed E-state index contributed by atoms with van der Waals surface area (Å²) in [5, 5.41) is 9.77. The zero-order valence-electron chi connectivity index (χ0n) is 20.3. The van der Waals surface area contributed by atoms with Gasteiger partial charge in [-0.2, -0.15) is 0 Å². The molecule has 2 heterocycles. The third-order valence-corrected chi connectivity index (χ3v) is 7.35. The highest BCUT2D eigenvalue weighted by Crippen LogP contribution is 2.31. The van der Waals surface area contributed by atoms with Crippen molar-refractivity contribution >= 4 is 17.7 Å². The molecule has 1 fully saturated rings. The number of aromatic nitrogens is 3. The number of likely N-dealkylation sites (tertiary alicyclic amines) is 1. The van der Waals surface area contributed by atoms with E-state index in [-0.39, 0.29) is 11.3 Å². The van der Waals surface area contributed by atoms with Gasteiger partial charge in [0.1, 0.15) is 0 Å². The van der Waals surface area contributed by atoms with Crippen molar-refractivity contribution < 1.29 is 4.79 Å². The van der Waals surface area contributed by atoms with E-state index in [9.17, 15) is 4.79 Å². The summed E-state index contributed by atoms with van der Waals surface area (Å²) in [7, 11) is 0. The average Bonchev–Trinajstić information content (AvgIpc) is 3.21. The Hall–Kier alpha value is -2.60. The predicted octanol–water partition coefficient (Wildman–Crippen LogP) is 5.97. The van der Waals surface area contributed by atoms with Crippen molar-refractivity contribution in [3.63, 3.8) is 0 Å². The van der Waals surface area contributed by atoms with Crippen LogP contribution in [-0.4, -0.2) is 43.9 Å². The molecule has 1 amide bonds. The van der Waals surface area contributed by atoms with E-state index in [1.54, 1.807) is 0 Å². The lowest BCUT2D eigenvalue weighted by atomic mass is 9.87. The lowest BCUT2D eigenvalue weighted by Crippen LogP contribution is -2.45. The number of nitrogens with zero attached hydrogens (tertiary/aromatic N) is 4. The van der Waals surface area contributed by atoms with Crippen LogP contribution in [0.5, 0.6) is 0 Å². The van der Waals surface area contributed by atoms with E-state index in [0.717, 1.165) is 41.6 Å². The molecule has 1 aromatic heterocycles. The van der Waals surface area contributed by atoms with Gasteiger partial charge < -0.3 is 4.90 Å². The second-order valence-corrected chi connectivity index (χ2v) is 11.1. The highest BCUT2D eigenvalue weighted by Gasteiger charge is 2.27. The van der Waals surface area contributed by atoms with Gasteiger partial charge in [0.15, 0.2) is 11.0 Å². The second kappa shape index (κ2) is 9.72. The quantitative estimate of drug-likeness (QED) is 0.438. The molecule has 1 saturated heterocycles. The molecular weight excluding hydrogens is 428 g/mol. The number of benzene rings is 2. The minimum absolute atomic E-state index is 0.0936. The Morgan fingerprint density at radius 2 is 1.73 bits per heavy atom. The van der Waals surface area contributed by atoms with Gasteiger partial charge in [0.2, 0.25) is 5.91 Å². The van der Waals surface area contributed by atoms with Crippen LogP contribution in [0.3, 0.4) is 0 Å². The van der Waals surface area contributed by atoms with Gasteiger partial charge in [-0.25, -0.2) is 0 Å². The predicted molar refractivity (Wildman–Crippen MR) is 136 cm³/mol. The van der Waals surface area contributed by atoms with Crippen LogP contribution < -0.4 is 0 Å². The number of hydrogen-bond acceptors (Lipinski definition) is 4. The molecule has 174 valence electrons. The first-order valence-corrected chi connectivity index (χ1v) is 12.8. The van der Waals surface area contributed by atoms with E-state index in [0.29, 0.717) is 17.7 Å². The minimum atomic E-state index is 0.0936. The fourth-order valence-corrected chi connectivity index (χ4v) is 5.30. The Labute approximate surface area is 201 Å². The Morgan fingerprint density at radius 1 is 1.03 bits per heavy atom. The largest absolute Gasteiger partial charge is 0.339 e. The van der Waals surface area contributed by atoms with Crippen LogP contribution in [0.25, 0.3) is 17.1 Å². The summed E-state index contributed by atoms with van der Waals surface area (Å²) in [5.41, 5.74) is 3.38. The van der Waals surface area contributed by atoms with Crippen molar-refractivity contribution in [1.82, 2.24) is 19.7 Å². The van der Waals surface area contributed by atoms with Crippen LogP contribution >= 0.6 is 11.8 Å². The van der Waals surface area contributed by atoms with Crippen molar-refractivity contribution in [3.8, 4) is 17.1 Å². The van der Waals surface area contributed by atoms with Crippen LogP contribution in [0.15, 0.2) is 59.8 Å². The van der Waals surface area contributed by atoms with Gasteiger partial charge in [-0.1, -0.05) is 81.9 Å². The Kier molecular flexibility index (Phi) is 6.94. The van der Waals surface area contributed by atoms with Crippen LogP contribution in [0.1, 0.15) is 53.0 Å². The molecule has 0 radical (unpaired) electrons. The molecule has 5 nitrogen and oxygen atoms in total. The van der Waals surface area contributed by atoms with E-state index < -0.39 is 0 Å². The zero-order valence-corrected chi connectivity index (χ0v) is 21.1. The highest BCUT2D eigenvalue weighted by atomic mass is 32.2. The Morgan fingerprint density at radius 3 is 2.36 bits per heavy atom. The Balaban J connectivity index is 1.60. The number of amides is 1. The lowest BCUT2D eigenvalue weighted by Gasteiger charge is -2.36. The third kappa shape index (κ3) is 5.32. The van der Waals surface area contributed by atoms with E-state index in [4.69, 9.17) is 0 Å². The number of thioether (sulfide) groups is 1. The fraction of sp³-hybridized carbons (Fsp3) is 0.444. The van der Waals surface area contributed by atoms with Crippen LogP contribution in [0.4, 0.5) is 0 Å². The summed E-state index contributed by atoms with van der Waals surface area (Å²) in [6.07, 6.45) is 2.15. The van der Waals surface area contributed by atoms with E-state index in [2.05, 4.69) is 85.8 Å². The molecule has 4 rings (SSSR count). The van der Waals surface area contributed by atoms with Gasteiger partial charge in [0.25, 0.3) is 0 Å². The van der Waals surface area contributed by atoms with Crippen LogP contribution in [-0.2, 0) is 10.2 Å². The molecule has 0 saturated carbocycles. The number of carbonyl (C=O) groups is 1. The Bertz CT molecular complexity index is 1090. The average molecular weight is 463 g/mol. The summed E-state index contributed by atoms with van der Waals surface area (Å²) >= 11 is 1.47. The third-order valence-electron chi connectivity index (χ3n) is 6.44. The van der Waals surface area contributed by atoms with Gasteiger partial charge in [-0.05, 0) is 48.8 Å².